The normalized spacial score (nSPS) is 10.4. The molecular weight excluding hydrogens is 355 g/mol. The van der Waals surface area contributed by atoms with Crippen molar-refractivity contribution in [3.8, 4) is 0 Å². The summed E-state index contributed by atoms with van der Waals surface area (Å²) in [7, 11) is 0. The molecule has 5 nitrogen and oxygen atoms in total. The van der Waals surface area contributed by atoms with Gasteiger partial charge in [0, 0.05) is 35.2 Å². The summed E-state index contributed by atoms with van der Waals surface area (Å²) in [5.41, 5.74) is 2.37. The van der Waals surface area contributed by atoms with E-state index in [1.54, 1.807) is 24.3 Å². The Morgan fingerprint density at radius 1 is 1.12 bits per heavy atom. The summed E-state index contributed by atoms with van der Waals surface area (Å²) in [5.74, 6) is -0.389. The van der Waals surface area contributed by atoms with Crippen molar-refractivity contribution in [1.82, 2.24) is 15.3 Å². The van der Waals surface area contributed by atoms with Crippen molar-refractivity contribution in [3.63, 3.8) is 0 Å². The van der Waals surface area contributed by atoms with Crippen molar-refractivity contribution in [2.75, 3.05) is 5.32 Å². The molecule has 2 N–H and O–H groups in total. The van der Waals surface area contributed by atoms with E-state index in [-0.39, 0.29) is 23.8 Å². The van der Waals surface area contributed by atoms with Gasteiger partial charge in [-0.05, 0) is 30.7 Å². The molecule has 0 radical (unpaired) electrons. The molecule has 0 aliphatic rings. The van der Waals surface area contributed by atoms with E-state index >= 15 is 0 Å². The molecule has 0 bridgehead atoms. The van der Waals surface area contributed by atoms with Crippen molar-refractivity contribution < 1.29 is 9.18 Å². The first-order chi connectivity index (χ1) is 12.5. The van der Waals surface area contributed by atoms with Gasteiger partial charge in [-0.25, -0.2) is 14.4 Å². The number of aromatic nitrogens is 2. The molecule has 3 aromatic rings. The highest BCUT2D eigenvalue weighted by atomic mass is 35.5. The van der Waals surface area contributed by atoms with Crippen LogP contribution in [-0.4, -0.2) is 15.9 Å². The first-order valence-corrected chi connectivity index (χ1v) is 8.28. The summed E-state index contributed by atoms with van der Waals surface area (Å²) in [6, 6.07) is 11.8. The van der Waals surface area contributed by atoms with Gasteiger partial charge in [0.15, 0.2) is 0 Å². The minimum absolute atomic E-state index is 0.0905. The predicted octanol–water partition coefficient (Wildman–Crippen LogP) is 4.25. The Kier molecular flexibility index (Phi) is 5.43. The summed E-state index contributed by atoms with van der Waals surface area (Å²) < 4.78 is 13.6. The minimum Gasteiger partial charge on any atom is -0.348 e. The topological polar surface area (TPSA) is 66.9 Å². The third-order valence-corrected chi connectivity index (χ3v) is 4.23. The standard InChI is InChI=1S/C19H16ClFN4O/c1-12-15(20)6-4-8-17(12)25-19-23-10-14(11-24-19)18(26)22-9-13-5-2-3-7-16(13)21/h2-8,10-11H,9H2,1H3,(H,22,26)(H,23,24,25). The number of hydrogen-bond acceptors (Lipinski definition) is 4. The van der Waals surface area contributed by atoms with Gasteiger partial charge < -0.3 is 10.6 Å². The maximum absolute atomic E-state index is 13.6. The summed E-state index contributed by atoms with van der Waals surface area (Å²) in [6.45, 7) is 1.97. The van der Waals surface area contributed by atoms with E-state index in [9.17, 15) is 9.18 Å². The smallest absolute Gasteiger partial charge is 0.254 e. The van der Waals surface area contributed by atoms with Crippen molar-refractivity contribution in [2.45, 2.75) is 13.5 Å². The van der Waals surface area contributed by atoms with Crippen LogP contribution in [0.5, 0.6) is 0 Å². The van der Waals surface area contributed by atoms with Gasteiger partial charge in [-0.2, -0.15) is 0 Å². The van der Waals surface area contributed by atoms with E-state index < -0.39 is 0 Å². The zero-order chi connectivity index (χ0) is 18.5. The monoisotopic (exact) mass is 370 g/mol. The highest BCUT2D eigenvalue weighted by molar-refractivity contribution is 6.31. The molecule has 0 saturated carbocycles. The van der Waals surface area contributed by atoms with Gasteiger partial charge in [0.25, 0.3) is 5.91 Å². The Labute approximate surface area is 155 Å². The second-order valence-electron chi connectivity index (χ2n) is 5.61. The van der Waals surface area contributed by atoms with Gasteiger partial charge in [0.2, 0.25) is 5.95 Å². The fourth-order valence-electron chi connectivity index (χ4n) is 2.29. The summed E-state index contributed by atoms with van der Waals surface area (Å²) in [6.07, 6.45) is 2.82. The average Bonchev–Trinajstić information content (AvgIpc) is 2.65. The maximum atomic E-state index is 13.6. The molecule has 0 saturated heterocycles. The van der Waals surface area contributed by atoms with Crippen LogP contribution < -0.4 is 10.6 Å². The molecule has 0 spiro atoms. The van der Waals surface area contributed by atoms with Gasteiger partial charge in [-0.3, -0.25) is 4.79 Å². The molecule has 0 unspecified atom stereocenters. The fraction of sp³-hybridized carbons (Fsp3) is 0.105. The average molecular weight is 371 g/mol. The van der Waals surface area contributed by atoms with E-state index in [0.717, 1.165) is 11.3 Å². The van der Waals surface area contributed by atoms with Crippen LogP contribution in [-0.2, 0) is 6.54 Å². The number of amides is 1. The van der Waals surface area contributed by atoms with Crippen LogP contribution in [0.3, 0.4) is 0 Å². The predicted molar refractivity (Wildman–Crippen MR) is 99.1 cm³/mol. The number of nitrogens with one attached hydrogen (secondary N) is 2. The number of carbonyl (C=O) groups is 1. The lowest BCUT2D eigenvalue weighted by atomic mass is 10.2. The van der Waals surface area contributed by atoms with Crippen LogP contribution in [0.1, 0.15) is 21.5 Å². The SMILES string of the molecule is Cc1c(Cl)cccc1Nc1ncc(C(=O)NCc2ccccc2F)cn1. The van der Waals surface area contributed by atoms with Gasteiger partial charge >= 0.3 is 0 Å². The second-order valence-corrected chi connectivity index (χ2v) is 6.01. The van der Waals surface area contributed by atoms with Crippen LogP contribution in [0, 0.1) is 12.7 Å². The summed E-state index contributed by atoms with van der Waals surface area (Å²) in [5, 5.41) is 6.34. The van der Waals surface area contributed by atoms with E-state index in [2.05, 4.69) is 20.6 Å². The molecular formula is C19H16ClFN4O. The van der Waals surface area contributed by atoms with Crippen LogP contribution in [0.25, 0.3) is 0 Å². The lowest BCUT2D eigenvalue weighted by Crippen LogP contribution is -2.23. The highest BCUT2D eigenvalue weighted by Crippen LogP contribution is 2.24. The minimum atomic E-state index is -0.376. The molecule has 26 heavy (non-hydrogen) atoms. The molecule has 0 aliphatic carbocycles. The molecule has 132 valence electrons. The molecule has 1 aromatic heterocycles. The molecule has 1 heterocycles. The molecule has 2 aromatic carbocycles. The van der Waals surface area contributed by atoms with Gasteiger partial charge in [0.05, 0.1) is 5.56 Å². The number of halogens is 2. The third kappa shape index (κ3) is 4.15. The van der Waals surface area contributed by atoms with Crippen molar-refractivity contribution >= 4 is 29.1 Å². The fourth-order valence-corrected chi connectivity index (χ4v) is 2.47. The molecule has 7 heteroatoms. The van der Waals surface area contributed by atoms with Gasteiger partial charge in [-0.1, -0.05) is 35.9 Å². The second kappa shape index (κ2) is 7.93. The van der Waals surface area contributed by atoms with Gasteiger partial charge in [-0.15, -0.1) is 0 Å². The van der Waals surface area contributed by atoms with Crippen LogP contribution in [0.4, 0.5) is 16.0 Å². The Morgan fingerprint density at radius 3 is 2.58 bits per heavy atom. The Morgan fingerprint density at radius 2 is 1.85 bits per heavy atom. The number of anilines is 2. The quantitative estimate of drug-likeness (QED) is 0.704. The van der Waals surface area contributed by atoms with Crippen molar-refractivity contribution in [2.24, 2.45) is 0 Å². The van der Waals surface area contributed by atoms with Crippen LogP contribution in [0.2, 0.25) is 5.02 Å². The van der Waals surface area contributed by atoms with E-state index in [1.165, 1.54) is 18.5 Å². The number of hydrogen-bond donors (Lipinski definition) is 2. The van der Waals surface area contributed by atoms with Gasteiger partial charge in [0.1, 0.15) is 5.82 Å². The summed E-state index contributed by atoms with van der Waals surface area (Å²) in [4.78, 5) is 20.4. The van der Waals surface area contributed by atoms with E-state index in [0.29, 0.717) is 16.5 Å². The Balaban J connectivity index is 1.64. The number of benzene rings is 2. The Bertz CT molecular complexity index is 931. The third-order valence-electron chi connectivity index (χ3n) is 3.83. The molecule has 0 fully saturated rings. The Hall–Kier alpha value is -2.99. The number of nitrogens with zero attached hydrogens (tertiary/aromatic N) is 2. The molecule has 0 aliphatic heterocycles. The van der Waals surface area contributed by atoms with Crippen molar-refractivity contribution in [1.29, 1.82) is 0 Å². The largest absolute Gasteiger partial charge is 0.348 e. The molecule has 3 rings (SSSR count). The first kappa shape index (κ1) is 17.8. The highest BCUT2D eigenvalue weighted by Gasteiger charge is 2.09. The maximum Gasteiger partial charge on any atom is 0.254 e. The van der Waals surface area contributed by atoms with Crippen LogP contribution in [0.15, 0.2) is 54.9 Å². The lowest BCUT2D eigenvalue weighted by molar-refractivity contribution is 0.0950. The van der Waals surface area contributed by atoms with E-state index in [4.69, 9.17) is 11.6 Å². The zero-order valence-electron chi connectivity index (χ0n) is 14.0. The number of carbonyl (C=O) groups excluding carboxylic acids is 1. The zero-order valence-corrected chi connectivity index (χ0v) is 14.7. The summed E-state index contributed by atoms with van der Waals surface area (Å²) >= 11 is 6.08. The van der Waals surface area contributed by atoms with Crippen molar-refractivity contribution in [3.05, 3.63) is 82.4 Å². The van der Waals surface area contributed by atoms with Crippen LogP contribution >= 0.6 is 11.6 Å². The number of rotatable bonds is 5. The van der Waals surface area contributed by atoms with E-state index in [1.807, 2.05) is 19.1 Å². The molecule has 1 amide bonds. The lowest BCUT2D eigenvalue weighted by Gasteiger charge is -2.10. The molecule has 0 atom stereocenters. The first-order valence-electron chi connectivity index (χ1n) is 7.90.